The molecule has 0 unspecified atom stereocenters. The molecular weight excluding hydrogens is 316 g/mol. The van der Waals surface area contributed by atoms with Gasteiger partial charge in [0.25, 0.3) is 5.91 Å². The third-order valence-electron chi connectivity index (χ3n) is 4.06. The van der Waals surface area contributed by atoms with Crippen LogP contribution in [-0.4, -0.2) is 28.6 Å². The molecule has 2 atom stereocenters. The van der Waals surface area contributed by atoms with Gasteiger partial charge in [0.15, 0.2) is 0 Å². The normalized spacial score (nSPS) is 24.2. The minimum Gasteiger partial charge on any atom is -0.294 e. The summed E-state index contributed by atoms with van der Waals surface area (Å²) in [6.45, 7) is 2.05. The number of urea groups is 1. The van der Waals surface area contributed by atoms with Crippen LogP contribution in [0.4, 0.5) is 10.5 Å². The Morgan fingerprint density at radius 3 is 2.59 bits per heavy atom. The van der Waals surface area contributed by atoms with E-state index in [1.165, 1.54) is 15.3 Å². The highest BCUT2D eigenvalue weighted by Crippen LogP contribution is 2.48. The first-order chi connectivity index (χ1) is 10.7. The van der Waals surface area contributed by atoms with Crippen LogP contribution in [0.25, 0.3) is 0 Å². The lowest BCUT2D eigenvalue weighted by atomic mass is 10.2. The Hall–Kier alpha value is -1.79. The van der Waals surface area contributed by atoms with Crippen molar-refractivity contribution in [3.8, 4) is 0 Å². The smallest absolute Gasteiger partial charge is 0.294 e. The quantitative estimate of drug-likeness (QED) is 0.789. The van der Waals surface area contributed by atoms with E-state index in [4.69, 9.17) is 0 Å². The van der Waals surface area contributed by atoms with Crippen molar-refractivity contribution in [1.82, 2.24) is 4.90 Å². The molecule has 1 aromatic carbocycles. The maximum Gasteiger partial charge on any atom is 0.333 e. The topological polar surface area (TPSA) is 40.6 Å². The van der Waals surface area contributed by atoms with Crippen LogP contribution in [0.2, 0.25) is 0 Å². The maximum atomic E-state index is 12.8. The molecule has 0 bridgehead atoms. The summed E-state index contributed by atoms with van der Waals surface area (Å²) in [6.07, 6.45) is 0. The van der Waals surface area contributed by atoms with Crippen LogP contribution < -0.4 is 4.90 Å². The number of hydrogen-bond acceptors (Lipinski definition) is 4. The van der Waals surface area contributed by atoms with Gasteiger partial charge in [0.05, 0.1) is 5.69 Å². The molecule has 4 nitrogen and oxygen atoms in total. The van der Waals surface area contributed by atoms with Crippen molar-refractivity contribution in [2.45, 2.75) is 18.3 Å². The fourth-order valence-corrected chi connectivity index (χ4v) is 5.62. The number of carbonyl (C=O) groups excluding carboxylic acids is 2. The molecule has 2 aromatic rings. The Balaban J connectivity index is 1.72. The Labute approximate surface area is 136 Å². The number of rotatable bonds is 2. The number of thioether (sulfide) groups is 1. The summed E-state index contributed by atoms with van der Waals surface area (Å²) in [5, 5.41) is 1.99. The van der Waals surface area contributed by atoms with E-state index in [2.05, 4.69) is 13.0 Å². The zero-order valence-electron chi connectivity index (χ0n) is 11.9. The Bertz CT molecular complexity index is 744. The van der Waals surface area contributed by atoms with Crippen LogP contribution in [0.3, 0.4) is 0 Å². The summed E-state index contributed by atoms with van der Waals surface area (Å²) in [6, 6.07) is 10.7. The molecule has 0 spiro atoms. The summed E-state index contributed by atoms with van der Waals surface area (Å²) in [5.41, 5.74) is 1.83. The van der Waals surface area contributed by atoms with Crippen molar-refractivity contribution in [2.24, 2.45) is 0 Å². The number of aryl methyl sites for hydroxylation is 1. The summed E-state index contributed by atoms with van der Waals surface area (Å²) in [7, 11) is 0. The fourth-order valence-electron chi connectivity index (χ4n) is 2.94. The van der Waals surface area contributed by atoms with Gasteiger partial charge in [0.1, 0.15) is 11.4 Å². The van der Waals surface area contributed by atoms with Gasteiger partial charge in [0.2, 0.25) is 0 Å². The van der Waals surface area contributed by atoms with Crippen molar-refractivity contribution >= 4 is 40.7 Å². The Morgan fingerprint density at radius 2 is 1.91 bits per heavy atom. The molecule has 22 heavy (non-hydrogen) atoms. The van der Waals surface area contributed by atoms with Gasteiger partial charge in [0, 0.05) is 10.6 Å². The van der Waals surface area contributed by atoms with Gasteiger partial charge in [-0.2, -0.15) is 0 Å². The Morgan fingerprint density at radius 1 is 1.14 bits per heavy atom. The molecule has 2 aliphatic heterocycles. The number of benzene rings is 1. The number of hydrogen-bond donors (Lipinski definition) is 0. The highest BCUT2D eigenvalue weighted by Gasteiger charge is 2.53. The lowest BCUT2D eigenvalue weighted by Gasteiger charge is -2.22. The summed E-state index contributed by atoms with van der Waals surface area (Å²) in [5.74, 6) is 0.552. The summed E-state index contributed by atoms with van der Waals surface area (Å²) in [4.78, 5) is 29.7. The average Bonchev–Trinajstić information content (AvgIpc) is 3.18. The molecule has 0 aliphatic carbocycles. The molecule has 3 amide bonds. The molecule has 2 fully saturated rings. The molecular formula is C16H14N2O2S2. The number of thiophene rings is 1. The molecule has 2 saturated heterocycles. The highest BCUT2D eigenvalue weighted by molar-refractivity contribution is 8.00. The molecule has 1 aromatic heterocycles. The van der Waals surface area contributed by atoms with E-state index >= 15 is 0 Å². The van der Waals surface area contributed by atoms with Crippen LogP contribution >= 0.6 is 23.1 Å². The van der Waals surface area contributed by atoms with E-state index in [1.54, 1.807) is 40.1 Å². The first kappa shape index (κ1) is 13.8. The van der Waals surface area contributed by atoms with Crippen molar-refractivity contribution < 1.29 is 9.59 Å². The second-order valence-electron chi connectivity index (χ2n) is 5.37. The maximum absolute atomic E-state index is 12.8. The van der Waals surface area contributed by atoms with Gasteiger partial charge >= 0.3 is 6.03 Å². The molecule has 0 N–H and O–H groups in total. The molecule has 6 heteroatoms. The molecule has 0 saturated carbocycles. The lowest BCUT2D eigenvalue weighted by Crippen LogP contribution is -2.33. The predicted octanol–water partition coefficient (Wildman–Crippen LogP) is 3.64. The zero-order chi connectivity index (χ0) is 15.3. The molecule has 4 rings (SSSR count). The van der Waals surface area contributed by atoms with Gasteiger partial charge in [-0.25, -0.2) is 9.69 Å². The van der Waals surface area contributed by atoms with E-state index in [1.807, 2.05) is 23.6 Å². The lowest BCUT2D eigenvalue weighted by molar-refractivity contribution is -0.119. The van der Waals surface area contributed by atoms with Gasteiger partial charge < -0.3 is 0 Å². The molecule has 0 radical (unpaired) electrons. The van der Waals surface area contributed by atoms with Crippen molar-refractivity contribution in [3.63, 3.8) is 0 Å². The third-order valence-corrected chi connectivity index (χ3v) is 6.57. The monoisotopic (exact) mass is 330 g/mol. The van der Waals surface area contributed by atoms with E-state index < -0.39 is 0 Å². The number of nitrogens with zero attached hydrogens (tertiary/aromatic N) is 2. The third kappa shape index (κ3) is 1.90. The van der Waals surface area contributed by atoms with Gasteiger partial charge in [-0.3, -0.25) is 9.69 Å². The zero-order valence-corrected chi connectivity index (χ0v) is 13.6. The largest absolute Gasteiger partial charge is 0.333 e. The van der Waals surface area contributed by atoms with Crippen LogP contribution in [-0.2, 0) is 4.79 Å². The number of carbonyl (C=O) groups is 2. The molecule has 3 heterocycles. The van der Waals surface area contributed by atoms with Crippen molar-refractivity contribution in [2.75, 3.05) is 10.7 Å². The van der Waals surface area contributed by atoms with Crippen LogP contribution in [0, 0.1) is 6.92 Å². The number of para-hydroxylation sites is 1. The summed E-state index contributed by atoms with van der Waals surface area (Å²) >= 11 is 3.33. The van der Waals surface area contributed by atoms with Gasteiger partial charge in [-0.15, -0.1) is 23.1 Å². The highest BCUT2D eigenvalue weighted by atomic mass is 32.2. The van der Waals surface area contributed by atoms with Crippen LogP contribution in [0.15, 0.2) is 41.8 Å². The summed E-state index contributed by atoms with van der Waals surface area (Å²) < 4.78 is 0. The van der Waals surface area contributed by atoms with E-state index in [0.29, 0.717) is 11.4 Å². The second-order valence-corrected chi connectivity index (χ2v) is 7.43. The van der Waals surface area contributed by atoms with E-state index in [9.17, 15) is 9.59 Å². The van der Waals surface area contributed by atoms with E-state index in [0.717, 1.165) is 0 Å². The van der Waals surface area contributed by atoms with Gasteiger partial charge in [-0.1, -0.05) is 18.2 Å². The minimum atomic E-state index is -0.343. The van der Waals surface area contributed by atoms with Crippen LogP contribution in [0.5, 0.6) is 0 Å². The van der Waals surface area contributed by atoms with Crippen molar-refractivity contribution in [3.05, 3.63) is 52.2 Å². The number of fused-ring (bicyclic) bond motifs is 1. The SMILES string of the molecule is Cc1ccsc1[C@@H]1SC[C@H]2C(=O)N(c3ccccc3)C(=O)N21. The Kier molecular flexibility index (Phi) is 3.23. The van der Waals surface area contributed by atoms with Crippen LogP contribution in [0.1, 0.15) is 15.8 Å². The average molecular weight is 330 g/mol. The molecule has 112 valence electrons. The number of anilines is 1. The second kappa shape index (κ2) is 5.14. The number of amides is 3. The first-order valence-electron chi connectivity index (χ1n) is 7.05. The van der Waals surface area contributed by atoms with E-state index in [-0.39, 0.29) is 23.4 Å². The fraction of sp³-hybridized carbons (Fsp3) is 0.250. The molecule has 2 aliphatic rings. The van der Waals surface area contributed by atoms with Crippen molar-refractivity contribution in [1.29, 1.82) is 0 Å². The first-order valence-corrected chi connectivity index (χ1v) is 8.98. The predicted molar refractivity (Wildman–Crippen MR) is 89.2 cm³/mol. The minimum absolute atomic E-state index is 0.0461. The number of imide groups is 1. The van der Waals surface area contributed by atoms with Gasteiger partial charge in [-0.05, 0) is 36.1 Å². The standard InChI is InChI=1S/C16H14N2O2S2/c1-10-7-8-21-13(10)15-18-12(9-22-15)14(19)17(16(18)20)11-5-3-2-4-6-11/h2-8,12,15H,9H2,1H3/t12-,15-/m0/s1.